The molecule has 2 aliphatic rings. The Balaban J connectivity index is 0.000000840. The van der Waals surface area contributed by atoms with Crippen LogP contribution in [0.1, 0.15) is 38.8 Å². The maximum absolute atomic E-state index is 11.1. The summed E-state index contributed by atoms with van der Waals surface area (Å²) in [5.41, 5.74) is 4.42. The topological polar surface area (TPSA) is 88.0 Å². The van der Waals surface area contributed by atoms with Gasteiger partial charge in [0.15, 0.2) is 0 Å². The molecule has 0 bridgehead atoms. The molecule has 4 rings (SSSR count). The number of anilines is 2. The van der Waals surface area contributed by atoms with Crippen molar-refractivity contribution in [1.29, 1.82) is 0 Å². The molecule has 1 N–H and O–H groups in total. The van der Waals surface area contributed by atoms with Crippen LogP contribution in [0, 0.1) is 0 Å². The van der Waals surface area contributed by atoms with Crippen LogP contribution in [-0.4, -0.2) is 70.4 Å². The van der Waals surface area contributed by atoms with E-state index < -0.39 is 5.97 Å². The molecule has 194 valence electrons. The zero-order valence-corrected chi connectivity index (χ0v) is 22.1. The van der Waals surface area contributed by atoms with Gasteiger partial charge in [0.1, 0.15) is 11.3 Å². The van der Waals surface area contributed by atoms with Gasteiger partial charge in [-0.2, -0.15) is 5.10 Å². The zero-order chi connectivity index (χ0) is 26.1. The Morgan fingerprint density at radius 1 is 1.22 bits per heavy atom. The van der Waals surface area contributed by atoms with Gasteiger partial charge in [-0.1, -0.05) is 24.2 Å². The van der Waals surface area contributed by atoms with E-state index in [1.807, 2.05) is 48.5 Å². The zero-order valence-electron chi connectivity index (χ0n) is 22.1. The number of carbonyl (C=O) groups excluding carboxylic acids is 1. The lowest BCUT2D eigenvalue weighted by Crippen LogP contribution is -2.57. The molecule has 9 nitrogen and oxygen atoms in total. The van der Waals surface area contributed by atoms with Crippen molar-refractivity contribution in [3.63, 3.8) is 0 Å². The number of benzene rings is 2. The third-order valence-corrected chi connectivity index (χ3v) is 6.00. The first-order valence-corrected chi connectivity index (χ1v) is 12.2. The second-order valence-electron chi connectivity index (χ2n) is 8.92. The Morgan fingerprint density at radius 3 is 2.56 bits per heavy atom. The normalized spacial score (nSPS) is 16.6. The van der Waals surface area contributed by atoms with Crippen molar-refractivity contribution in [2.75, 3.05) is 56.9 Å². The Hall–Kier alpha value is -3.43. The molecule has 0 radical (unpaired) electrons. The Bertz CT molecular complexity index is 1090. The van der Waals surface area contributed by atoms with Gasteiger partial charge in [-0.15, -0.1) is 0 Å². The molecule has 1 saturated heterocycles. The summed E-state index contributed by atoms with van der Waals surface area (Å²) in [4.78, 5) is 18.2. The van der Waals surface area contributed by atoms with E-state index in [-0.39, 0.29) is 5.54 Å². The average Bonchev–Trinajstić information content (AvgIpc) is 2.89. The Morgan fingerprint density at radius 2 is 1.94 bits per heavy atom. The molecule has 2 aromatic carbocycles. The summed E-state index contributed by atoms with van der Waals surface area (Å²) in [6.45, 7) is 11.8. The van der Waals surface area contributed by atoms with Gasteiger partial charge in [-0.3, -0.25) is 5.01 Å². The van der Waals surface area contributed by atoms with Gasteiger partial charge in [0.05, 0.1) is 37.9 Å². The second-order valence-corrected chi connectivity index (χ2v) is 8.92. The van der Waals surface area contributed by atoms with Crippen LogP contribution in [-0.2, 0) is 14.4 Å². The van der Waals surface area contributed by atoms with Crippen LogP contribution in [0.25, 0.3) is 0 Å². The molecule has 1 fully saturated rings. The molecule has 2 aliphatic heterocycles. The fraction of sp³-hybridized carbons (Fsp3) is 0.444. The smallest absolute Gasteiger partial charge is 0.331 e. The molecule has 0 unspecified atom stereocenters. The van der Waals surface area contributed by atoms with Crippen LogP contribution >= 0.6 is 0 Å². The molecule has 0 atom stereocenters. The quantitative estimate of drug-likeness (QED) is 0.356. The number of ether oxygens (including phenoxy) is 2. The molecule has 0 spiro atoms. The average molecular weight is 496 g/mol. The van der Waals surface area contributed by atoms with E-state index in [1.165, 1.54) is 6.92 Å². The minimum absolute atomic E-state index is 0.361. The number of hydrazone groups is 1. The number of hydrogen-bond acceptors (Lipinski definition) is 9. The Labute approximate surface area is 213 Å². The van der Waals surface area contributed by atoms with E-state index in [0.29, 0.717) is 13.2 Å². The highest BCUT2D eigenvalue weighted by Crippen LogP contribution is 2.39. The molecule has 0 saturated carbocycles. The minimum atomic E-state index is -0.463. The molecule has 0 amide bonds. The lowest BCUT2D eigenvalue weighted by Gasteiger charge is -2.46. The SMILES string of the molecule is CCNC.COc1cccc(C2=NN(c3cc(N4CCOCC4)ccc3/C=N/OC(C)=O)C2(C)C)c1. The number of rotatable bonds is 7. The number of nitrogens with one attached hydrogen (secondary N) is 1. The first-order valence-electron chi connectivity index (χ1n) is 12.2. The van der Waals surface area contributed by atoms with E-state index in [9.17, 15) is 4.79 Å². The van der Waals surface area contributed by atoms with Crippen LogP contribution in [0.5, 0.6) is 5.75 Å². The summed E-state index contributed by atoms with van der Waals surface area (Å²) in [6, 6.07) is 14.0. The number of carbonyl (C=O) groups is 1. The molecule has 2 heterocycles. The van der Waals surface area contributed by atoms with Crippen molar-refractivity contribution in [2.45, 2.75) is 33.2 Å². The Kier molecular flexibility index (Phi) is 9.44. The molecular weight excluding hydrogens is 458 g/mol. The van der Waals surface area contributed by atoms with E-state index >= 15 is 0 Å². The predicted octanol–water partition coefficient (Wildman–Crippen LogP) is 3.66. The predicted molar refractivity (Wildman–Crippen MR) is 145 cm³/mol. The maximum atomic E-state index is 11.1. The lowest BCUT2D eigenvalue weighted by atomic mass is 9.87. The van der Waals surface area contributed by atoms with Crippen LogP contribution in [0.15, 0.2) is 52.7 Å². The van der Waals surface area contributed by atoms with Gasteiger partial charge in [-0.25, -0.2) is 4.79 Å². The minimum Gasteiger partial charge on any atom is -0.497 e. The highest BCUT2D eigenvalue weighted by molar-refractivity contribution is 6.14. The number of oxime groups is 1. The van der Waals surface area contributed by atoms with E-state index in [1.54, 1.807) is 13.3 Å². The summed E-state index contributed by atoms with van der Waals surface area (Å²) in [5.74, 6) is 0.332. The van der Waals surface area contributed by atoms with Crippen molar-refractivity contribution in [3.8, 4) is 5.75 Å². The van der Waals surface area contributed by atoms with Crippen molar-refractivity contribution in [1.82, 2.24) is 5.32 Å². The number of morpholine rings is 1. The van der Waals surface area contributed by atoms with Crippen molar-refractivity contribution in [3.05, 3.63) is 53.6 Å². The maximum Gasteiger partial charge on any atom is 0.331 e. The van der Waals surface area contributed by atoms with Crippen LogP contribution in [0.4, 0.5) is 11.4 Å². The summed E-state index contributed by atoms with van der Waals surface area (Å²) < 4.78 is 10.9. The standard InChI is InChI=1S/C24H28N4O4.C3H9N/c1-17(29)32-25-16-19-8-9-20(27-10-12-31-13-11-27)15-22(19)28-24(2,3)23(26-28)18-6-5-7-21(14-18)30-4;1-3-4-2/h5-9,14-16H,10-13H2,1-4H3;4H,3H2,1-2H3/b25-16+;. The van der Waals surface area contributed by atoms with E-state index in [4.69, 9.17) is 19.4 Å². The number of nitrogens with zero attached hydrogens (tertiary/aromatic N) is 4. The summed E-state index contributed by atoms with van der Waals surface area (Å²) in [6.07, 6.45) is 1.55. The lowest BCUT2D eigenvalue weighted by molar-refractivity contribution is -0.140. The fourth-order valence-electron chi connectivity index (χ4n) is 3.94. The first kappa shape index (κ1) is 27.2. The van der Waals surface area contributed by atoms with Gasteiger partial charge < -0.3 is 24.5 Å². The van der Waals surface area contributed by atoms with Crippen molar-refractivity contribution < 1.29 is 19.1 Å². The number of methoxy groups -OCH3 is 1. The van der Waals surface area contributed by atoms with Gasteiger partial charge in [0.25, 0.3) is 0 Å². The van der Waals surface area contributed by atoms with Crippen molar-refractivity contribution >= 4 is 29.3 Å². The summed E-state index contributed by atoms with van der Waals surface area (Å²) in [7, 11) is 3.59. The van der Waals surface area contributed by atoms with Crippen molar-refractivity contribution in [2.24, 2.45) is 10.3 Å². The highest BCUT2D eigenvalue weighted by atomic mass is 16.7. The van der Waals surface area contributed by atoms with Gasteiger partial charge in [-0.05, 0) is 57.8 Å². The fourth-order valence-corrected chi connectivity index (χ4v) is 3.94. The summed E-state index contributed by atoms with van der Waals surface area (Å²) in [5, 5.41) is 13.6. The second kappa shape index (κ2) is 12.5. The van der Waals surface area contributed by atoms with Crippen LogP contribution in [0.3, 0.4) is 0 Å². The monoisotopic (exact) mass is 495 g/mol. The molecule has 36 heavy (non-hydrogen) atoms. The summed E-state index contributed by atoms with van der Waals surface area (Å²) >= 11 is 0. The molecular formula is C27H37N5O4. The van der Waals surface area contributed by atoms with Crippen LogP contribution < -0.4 is 20.0 Å². The van der Waals surface area contributed by atoms with Gasteiger partial charge in [0, 0.05) is 36.8 Å². The van der Waals surface area contributed by atoms with E-state index in [2.05, 4.69) is 42.2 Å². The molecule has 0 aliphatic carbocycles. The van der Waals surface area contributed by atoms with E-state index in [0.717, 1.165) is 53.6 Å². The number of hydrogen-bond donors (Lipinski definition) is 1. The first-order chi connectivity index (χ1) is 17.3. The molecule has 9 heteroatoms. The molecule has 2 aromatic rings. The van der Waals surface area contributed by atoms with Gasteiger partial charge >= 0.3 is 5.97 Å². The van der Waals surface area contributed by atoms with Crippen LogP contribution in [0.2, 0.25) is 0 Å². The highest BCUT2D eigenvalue weighted by Gasteiger charge is 2.43. The largest absolute Gasteiger partial charge is 0.497 e. The molecule has 0 aromatic heterocycles. The third kappa shape index (κ3) is 6.41. The third-order valence-electron chi connectivity index (χ3n) is 6.00. The van der Waals surface area contributed by atoms with Gasteiger partial charge in [0.2, 0.25) is 0 Å².